The number of nitrogens with one attached hydrogen (secondary N) is 2. The first kappa shape index (κ1) is 13.1. The maximum Gasteiger partial charge on any atom is 0.261 e. The number of thiophene rings is 1. The van der Waals surface area contributed by atoms with E-state index in [0.717, 1.165) is 4.90 Å². The van der Waals surface area contributed by atoms with Crippen LogP contribution in [0, 0.1) is 0 Å². The molecule has 0 aliphatic carbocycles. The van der Waals surface area contributed by atoms with E-state index in [0.29, 0.717) is 24.4 Å². The fraction of sp³-hybridized carbons (Fsp3) is 0.400. The van der Waals surface area contributed by atoms with E-state index in [2.05, 4.69) is 23.3 Å². The quantitative estimate of drug-likeness (QED) is 0.697. The second kappa shape index (κ2) is 6.55. The number of hydrogen-bond acceptors (Lipinski definition) is 4. The molecular weight excluding hydrogens is 244 g/mol. The number of thiol groups is 1. The predicted octanol–water partition coefficient (Wildman–Crippen LogP) is 1.29. The molecule has 0 fully saturated rings. The first-order valence-corrected chi connectivity index (χ1v) is 6.28. The molecule has 0 aromatic carbocycles. The Morgan fingerprint density at radius 3 is 2.75 bits per heavy atom. The third-order valence-corrected chi connectivity index (χ3v) is 3.18. The van der Waals surface area contributed by atoms with E-state index in [1.54, 1.807) is 11.4 Å². The largest absolute Gasteiger partial charge is 0.356 e. The van der Waals surface area contributed by atoms with Gasteiger partial charge in [0, 0.05) is 29.8 Å². The van der Waals surface area contributed by atoms with Crippen LogP contribution in [0.1, 0.15) is 23.0 Å². The van der Waals surface area contributed by atoms with E-state index in [1.165, 1.54) is 11.3 Å². The van der Waals surface area contributed by atoms with Gasteiger partial charge in [-0.25, -0.2) is 0 Å². The lowest BCUT2D eigenvalue weighted by atomic mass is 10.3. The lowest BCUT2D eigenvalue weighted by Gasteiger charge is -2.03. The summed E-state index contributed by atoms with van der Waals surface area (Å²) in [6.45, 7) is 2.82. The standard InChI is InChI=1S/C10H14N2O2S2/c1-2-11-9(13)3-4-12-10(14)8-5-7(15)6-16-8/h5-6,15H,2-4H2,1H3,(H,11,13)(H,12,14). The number of amides is 2. The van der Waals surface area contributed by atoms with Crippen molar-refractivity contribution < 1.29 is 9.59 Å². The molecule has 0 atom stereocenters. The molecule has 0 unspecified atom stereocenters. The van der Waals surface area contributed by atoms with E-state index >= 15 is 0 Å². The summed E-state index contributed by atoms with van der Waals surface area (Å²) in [4.78, 5) is 24.0. The van der Waals surface area contributed by atoms with Gasteiger partial charge < -0.3 is 10.6 Å². The van der Waals surface area contributed by atoms with Crippen molar-refractivity contribution in [2.75, 3.05) is 13.1 Å². The van der Waals surface area contributed by atoms with Gasteiger partial charge in [0.15, 0.2) is 0 Å². The van der Waals surface area contributed by atoms with E-state index in [4.69, 9.17) is 0 Å². The summed E-state index contributed by atoms with van der Waals surface area (Å²) in [5.41, 5.74) is 0. The van der Waals surface area contributed by atoms with Crippen molar-refractivity contribution in [1.82, 2.24) is 10.6 Å². The van der Waals surface area contributed by atoms with Crippen molar-refractivity contribution >= 4 is 35.8 Å². The van der Waals surface area contributed by atoms with Crippen LogP contribution in [0.4, 0.5) is 0 Å². The Morgan fingerprint density at radius 2 is 2.19 bits per heavy atom. The first-order valence-electron chi connectivity index (χ1n) is 4.96. The minimum atomic E-state index is -0.158. The molecule has 0 saturated carbocycles. The topological polar surface area (TPSA) is 58.2 Å². The van der Waals surface area contributed by atoms with Gasteiger partial charge in [-0.05, 0) is 13.0 Å². The number of rotatable bonds is 5. The molecule has 0 radical (unpaired) electrons. The van der Waals surface area contributed by atoms with Crippen molar-refractivity contribution in [3.8, 4) is 0 Å². The van der Waals surface area contributed by atoms with Crippen molar-refractivity contribution in [2.24, 2.45) is 0 Å². The zero-order chi connectivity index (χ0) is 12.0. The van der Waals surface area contributed by atoms with Crippen molar-refractivity contribution in [1.29, 1.82) is 0 Å². The molecule has 1 rings (SSSR count). The molecule has 88 valence electrons. The lowest BCUT2D eigenvalue weighted by molar-refractivity contribution is -0.120. The molecule has 16 heavy (non-hydrogen) atoms. The summed E-state index contributed by atoms with van der Waals surface area (Å²) in [7, 11) is 0. The van der Waals surface area contributed by atoms with Crippen LogP contribution in [0.3, 0.4) is 0 Å². The average molecular weight is 258 g/mol. The Hall–Kier alpha value is -1.01. The summed E-state index contributed by atoms with van der Waals surface area (Å²) in [5, 5.41) is 7.14. The molecule has 0 bridgehead atoms. The molecule has 0 aliphatic heterocycles. The zero-order valence-corrected chi connectivity index (χ0v) is 10.7. The maximum absolute atomic E-state index is 11.5. The van der Waals surface area contributed by atoms with Gasteiger partial charge >= 0.3 is 0 Å². The smallest absolute Gasteiger partial charge is 0.261 e. The van der Waals surface area contributed by atoms with Crippen LogP contribution in [0.15, 0.2) is 16.3 Å². The number of carbonyl (C=O) groups is 2. The van der Waals surface area contributed by atoms with Gasteiger partial charge in [0.05, 0.1) is 4.88 Å². The Balaban J connectivity index is 2.28. The molecule has 1 aromatic rings. The molecular formula is C10H14N2O2S2. The first-order chi connectivity index (χ1) is 7.63. The minimum Gasteiger partial charge on any atom is -0.356 e. The molecule has 4 nitrogen and oxygen atoms in total. The Morgan fingerprint density at radius 1 is 1.44 bits per heavy atom. The van der Waals surface area contributed by atoms with Crippen LogP contribution in [0.5, 0.6) is 0 Å². The van der Waals surface area contributed by atoms with Crippen molar-refractivity contribution in [2.45, 2.75) is 18.2 Å². The molecule has 2 amide bonds. The van der Waals surface area contributed by atoms with Gasteiger partial charge in [-0.3, -0.25) is 9.59 Å². The molecule has 1 heterocycles. The molecule has 0 saturated heterocycles. The fourth-order valence-electron chi connectivity index (χ4n) is 1.11. The Bertz CT molecular complexity index is 377. The molecule has 1 aromatic heterocycles. The lowest BCUT2D eigenvalue weighted by Crippen LogP contribution is -2.30. The fourth-order valence-corrected chi connectivity index (χ4v) is 2.17. The van der Waals surface area contributed by atoms with Gasteiger partial charge in [0.25, 0.3) is 5.91 Å². The summed E-state index contributed by atoms with van der Waals surface area (Å²) in [6.07, 6.45) is 0.304. The summed E-state index contributed by atoms with van der Waals surface area (Å²) in [6, 6.07) is 1.70. The van der Waals surface area contributed by atoms with Crippen molar-refractivity contribution in [3.63, 3.8) is 0 Å². The van der Waals surface area contributed by atoms with Crippen molar-refractivity contribution in [3.05, 3.63) is 16.3 Å². The molecule has 2 N–H and O–H groups in total. The van der Waals surface area contributed by atoms with Gasteiger partial charge in [-0.2, -0.15) is 0 Å². The third kappa shape index (κ3) is 4.24. The van der Waals surface area contributed by atoms with Gasteiger partial charge in [0.1, 0.15) is 0 Å². The van der Waals surface area contributed by atoms with E-state index in [9.17, 15) is 9.59 Å². The minimum absolute atomic E-state index is 0.0520. The highest BCUT2D eigenvalue weighted by atomic mass is 32.1. The van der Waals surface area contributed by atoms with Crippen LogP contribution < -0.4 is 10.6 Å². The van der Waals surface area contributed by atoms with Crippen LogP contribution in [-0.2, 0) is 4.79 Å². The van der Waals surface area contributed by atoms with Crippen LogP contribution >= 0.6 is 24.0 Å². The highest BCUT2D eigenvalue weighted by Crippen LogP contribution is 2.17. The Labute approximate surface area is 104 Å². The molecule has 6 heteroatoms. The number of carbonyl (C=O) groups excluding carboxylic acids is 2. The van der Waals surface area contributed by atoms with Gasteiger partial charge in [-0.15, -0.1) is 24.0 Å². The van der Waals surface area contributed by atoms with E-state index in [1.807, 2.05) is 6.92 Å². The Kier molecular flexibility index (Phi) is 5.34. The monoisotopic (exact) mass is 258 g/mol. The van der Waals surface area contributed by atoms with Crippen LogP contribution in [-0.4, -0.2) is 24.9 Å². The van der Waals surface area contributed by atoms with E-state index in [-0.39, 0.29) is 11.8 Å². The average Bonchev–Trinajstić information content (AvgIpc) is 2.65. The van der Waals surface area contributed by atoms with Crippen LogP contribution in [0.25, 0.3) is 0 Å². The summed E-state index contributed by atoms with van der Waals surface area (Å²) in [5.74, 6) is -0.210. The highest BCUT2D eigenvalue weighted by Gasteiger charge is 2.08. The molecule has 0 spiro atoms. The zero-order valence-electron chi connectivity index (χ0n) is 8.95. The summed E-state index contributed by atoms with van der Waals surface area (Å²) < 4.78 is 0. The second-order valence-electron chi connectivity index (χ2n) is 3.13. The van der Waals surface area contributed by atoms with Crippen LogP contribution in [0.2, 0.25) is 0 Å². The van der Waals surface area contributed by atoms with Gasteiger partial charge in [-0.1, -0.05) is 0 Å². The van der Waals surface area contributed by atoms with Gasteiger partial charge in [0.2, 0.25) is 5.91 Å². The SMILES string of the molecule is CCNC(=O)CCNC(=O)c1cc(S)cs1. The highest BCUT2D eigenvalue weighted by molar-refractivity contribution is 7.80. The second-order valence-corrected chi connectivity index (χ2v) is 4.56. The molecule has 0 aliphatic rings. The predicted molar refractivity (Wildman–Crippen MR) is 67.2 cm³/mol. The third-order valence-electron chi connectivity index (χ3n) is 1.82. The van der Waals surface area contributed by atoms with E-state index < -0.39 is 0 Å². The maximum atomic E-state index is 11.5. The number of hydrogen-bond donors (Lipinski definition) is 3. The normalized spacial score (nSPS) is 9.88. The summed E-state index contributed by atoms with van der Waals surface area (Å²) >= 11 is 5.46.